The van der Waals surface area contributed by atoms with Gasteiger partial charge in [-0.15, -0.1) is 0 Å². The number of aliphatic imine (C=N–C) groups is 1. The molecule has 1 aliphatic heterocycles. The fourth-order valence-electron chi connectivity index (χ4n) is 2.71. The van der Waals surface area contributed by atoms with Crippen LogP contribution in [0.15, 0.2) is 47.1 Å². The highest BCUT2D eigenvalue weighted by Gasteiger charge is 2.27. The number of halogens is 1. The van der Waals surface area contributed by atoms with Gasteiger partial charge in [-0.2, -0.15) is 0 Å². The van der Waals surface area contributed by atoms with E-state index in [1.165, 1.54) is 24.3 Å². The number of hydrogen-bond acceptors (Lipinski definition) is 7. The number of nitrogens with zero attached hydrogens (tertiary/aromatic N) is 2. The molecule has 30 heavy (non-hydrogen) atoms. The summed E-state index contributed by atoms with van der Waals surface area (Å²) in [6, 6.07) is 9.07. The van der Waals surface area contributed by atoms with Crippen LogP contribution in [0.5, 0.6) is 11.5 Å². The van der Waals surface area contributed by atoms with E-state index in [2.05, 4.69) is 4.99 Å². The van der Waals surface area contributed by atoms with Crippen molar-refractivity contribution in [3.63, 3.8) is 0 Å². The van der Waals surface area contributed by atoms with E-state index in [1.807, 2.05) is 20.8 Å². The number of nitro groups is 1. The van der Waals surface area contributed by atoms with Crippen LogP contribution in [0.4, 0.5) is 5.69 Å². The lowest BCUT2D eigenvalue weighted by Gasteiger charge is -2.14. The van der Waals surface area contributed by atoms with Crippen LogP contribution in [0.25, 0.3) is 6.08 Å². The van der Waals surface area contributed by atoms with Crippen molar-refractivity contribution in [1.82, 2.24) is 0 Å². The van der Waals surface area contributed by atoms with Crippen LogP contribution < -0.4 is 9.47 Å². The Morgan fingerprint density at radius 2 is 2.00 bits per heavy atom. The predicted octanol–water partition coefficient (Wildman–Crippen LogP) is 4.78. The maximum absolute atomic E-state index is 12.3. The Morgan fingerprint density at radius 3 is 2.67 bits per heavy atom. The smallest absolute Gasteiger partial charge is 0.363 e. The van der Waals surface area contributed by atoms with E-state index in [-0.39, 0.29) is 34.0 Å². The molecule has 156 valence electrons. The molecule has 0 bridgehead atoms. The SMILES string of the molecule is CCOc1cc(/C=C2\N=C(c3cc([N+](=O)[O-])ccc3Cl)OC2=O)ccc1OC(C)C. The van der Waals surface area contributed by atoms with E-state index in [0.717, 1.165) is 0 Å². The van der Waals surface area contributed by atoms with Gasteiger partial charge in [0.1, 0.15) is 0 Å². The van der Waals surface area contributed by atoms with E-state index < -0.39 is 10.9 Å². The Hall–Kier alpha value is -3.39. The molecule has 3 rings (SSSR count). The lowest BCUT2D eigenvalue weighted by molar-refractivity contribution is -0.384. The zero-order chi connectivity index (χ0) is 21.8. The second kappa shape index (κ2) is 8.96. The summed E-state index contributed by atoms with van der Waals surface area (Å²) in [5.41, 5.74) is 0.662. The van der Waals surface area contributed by atoms with Crippen molar-refractivity contribution < 1.29 is 23.9 Å². The fourth-order valence-corrected chi connectivity index (χ4v) is 2.91. The van der Waals surface area contributed by atoms with E-state index in [0.29, 0.717) is 23.7 Å². The summed E-state index contributed by atoms with van der Waals surface area (Å²) in [4.78, 5) is 26.9. The molecule has 0 fully saturated rings. The van der Waals surface area contributed by atoms with Gasteiger partial charge in [0, 0.05) is 12.1 Å². The number of carbonyl (C=O) groups excluding carboxylic acids is 1. The zero-order valence-corrected chi connectivity index (χ0v) is 17.3. The van der Waals surface area contributed by atoms with Crippen molar-refractivity contribution in [1.29, 1.82) is 0 Å². The standard InChI is InChI=1S/C21H19ClN2O6/c1-4-28-19-10-13(5-8-18(19)29-12(2)3)9-17-21(25)30-20(23-17)15-11-14(24(26)27)6-7-16(15)22/h5-12H,4H2,1-3H3/b17-9-. The van der Waals surface area contributed by atoms with Gasteiger partial charge < -0.3 is 14.2 Å². The monoisotopic (exact) mass is 430 g/mol. The summed E-state index contributed by atoms with van der Waals surface area (Å²) >= 11 is 6.11. The van der Waals surface area contributed by atoms with Gasteiger partial charge >= 0.3 is 5.97 Å². The highest BCUT2D eigenvalue weighted by Crippen LogP contribution is 2.31. The number of non-ortho nitro benzene ring substituents is 1. The molecule has 0 aliphatic carbocycles. The number of cyclic esters (lactones) is 1. The van der Waals surface area contributed by atoms with Crippen molar-refractivity contribution in [2.45, 2.75) is 26.9 Å². The third-order valence-electron chi connectivity index (χ3n) is 3.95. The Labute approximate surface area is 177 Å². The number of benzene rings is 2. The van der Waals surface area contributed by atoms with Crippen LogP contribution in [-0.4, -0.2) is 29.5 Å². The van der Waals surface area contributed by atoms with Crippen molar-refractivity contribution in [3.05, 3.63) is 68.4 Å². The molecule has 2 aromatic carbocycles. The largest absolute Gasteiger partial charge is 0.490 e. The number of hydrogen-bond donors (Lipinski definition) is 0. The predicted molar refractivity (Wildman–Crippen MR) is 112 cm³/mol. The first-order chi connectivity index (χ1) is 14.3. The van der Waals surface area contributed by atoms with Gasteiger partial charge in [0.25, 0.3) is 5.69 Å². The third-order valence-corrected chi connectivity index (χ3v) is 4.27. The van der Waals surface area contributed by atoms with Gasteiger partial charge in [0.2, 0.25) is 5.90 Å². The van der Waals surface area contributed by atoms with Crippen LogP contribution in [0.3, 0.4) is 0 Å². The molecular weight excluding hydrogens is 412 g/mol. The number of rotatable bonds is 7. The number of esters is 1. The first-order valence-electron chi connectivity index (χ1n) is 9.19. The fraction of sp³-hybridized carbons (Fsp3) is 0.238. The lowest BCUT2D eigenvalue weighted by Crippen LogP contribution is -2.07. The van der Waals surface area contributed by atoms with E-state index in [9.17, 15) is 14.9 Å². The second-order valence-electron chi connectivity index (χ2n) is 6.56. The van der Waals surface area contributed by atoms with Crippen molar-refractivity contribution in [2.75, 3.05) is 6.61 Å². The summed E-state index contributed by atoms with van der Waals surface area (Å²) in [5.74, 6) is 0.353. The van der Waals surface area contributed by atoms with Crippen LogP contribution in [0.2, 0.25) is 5.02 Å². The first-order valence-corrected chi connectivity index (χ1v) is 9.56. The van der Waals surface area contributed by atoms with Gasteiger partial charge in [-0.25, -0.2) is 9.79 Å². The molecule has 1 heterocycles. The van der Waals surface area contributed by atoms with Gasteiger partial charge in [0.05, 0.1) is 28.2 Å². The number of ether oxygens (including phenoxy) is 3. The molecule has 0 aromatic heterocycles. The maximum atomic E-state index is 12.3. The third kappa shape index (κ3) is 4.77. The van der Waals surface area contributed by atoms with E-state index >= 15 is 0 Å². The minimum absolute atomic E-state index is 0.0231. The Bertz CT molecular complexity index is 1060. The maximum Gasteiger partial charge on any atom is 0.363 e. The minimum Gasteiger partial charge on any atom is -0.490 e. The normalized spacial score (nSPS) is 14.6. The summed E-state index contributed by atoms with van der Waals surface area (Å²) in [5, 5.41) is 11.2. The van der Waals surface area contributed by atoms with Crippen LogP contribution in [0.1, 0.15) is 31.9 Å². The summed E-state index contributed by atoms with van der Waals surface area (Å²) < 4.78 is 16.5. The van der Waals surface area contributed by atoms with Gasteiger partial charge in [0.15, 0.2) is 17.2 Å². The Kier molecular flexibility index (Phi) is 6.37. The summed E-state index contributed by atoms with van der Waals surface area (Å²) in [7, 11) is 0. The Balaban J connectivity index is 1.95. The number of carbonyl (C=O) groups is 1. The summed E-state index contributed by atoms with van der Waals surface area (Å²) in [6.07, 6.45) is 1.51. The quantitative estimate of drug-likeness (QED) is 0.271. The molecule has 8 nitrogen and oxygen atoms in total. The Morgan fingerprint density at radius 1 is 1.23 bits per heavy atom. The van der Waals surface area contributed by atoms with Gasteiger partial charge in [-0.05, 0) is 50.6 Å². The van der Waals surface area contributed by atoms with E-state index in [4.69, 9.17) is 25.8 Å². The topological polar surface area (TPSA) is 100 Å². The lowest BCUT2D eigenvalue weighted by atomic mass is 10.1. The minimum atomic E-state index is -0.687. The molecule has 0 saturated heterocycles. The molecule has 0 unspecified atom stereocenters. The molecule has 0 radical (unpaired) electrons. The summed E-state index contributed by atoms with van der Waals surface area (Å²) in [6.45, 7) is 6.13. The molecular formula is C21H19ClN2O6. The van der Waals surface area contributed by atoms with Crippen molar-refractivity contribution >= 4 is 35.2 Å². The number of nitro benzene ring substituents is 1. The molecule has 0 N–H and O–H groups in total. The van der Waals surface area contributed by atoms with Crippen molar-refractivity contribution in [3.8, 4) is 11.5 Å². The van der Waals surface area contributed by atoms with Crippen molar-refractivity contribution in [2.24, 2.45) is 4.99 Å². The zero-order valence-electron chi connectivity index (χ0n) is 16.5. The molecule has 2 aromatic rings. The average molecular weight is 431 g/mol. The highest BCUT2D eigenvalue weighted by atomic mass is 35.5. The van der Waals surface area contributed by atoms with Crippen LogP contribution in [0, 0.1) is 10.1 Å². The molecule has 9 heteroatoms. The average Bonchev–Trinajstić information content (AvgIpc) is 3.04. The van der Waals surface area contributed by atoms with Crippen LogP contribution in [-0.2, 0) is 9.53 Å². The molecule has 1 aliphatic rings. The molecule has 0 atom stereocenters. The van der Waals surface area contributed by atoms with Gasteiger partial charge in [-0.1, -0.05) is 17.7 Å². The second-order valence-corrected chi connectivity index (χ2v) is 6.97. The first kappa shape index (κ1) is 21.3. The van der Waals surface area contributed by atoms with Gasteiger partial charge in [-0.3, -0.25) is 10.1 Å². The van der Waals surface area contributed by atoms with Crippen LogP contribution >= 0.6 is 11.6 Å². The van der Waals surface area contributed by atoms with E-state index in [1.54, 1.807) is 18.2 Å². The molecule has 0 spiro atoms. The highest BCUT2D eigenvalue weighted by molar-refractivity contribution is 6.34. The molecule has 0 amide bonds. The molecule has 0 saturated carbocycles.